The maximum Gasteiger partial charge on any atom is 0.283 e. The molecule has 0 unspecified atom stereocenters. The van der Waals surface area contributed by atoms with Gasteiger partial charge in [0.25, 0.3) is 5.91 Å². The number of ether oxygens (including phenoxy) is 1. The van der Waals surface area contributed by atoms with Crippen LogP contribution in [0.25, 0.3) is 10.2 Å². The molecular weight excluding hydrogens is 398 g/mol. The SMILES string of the molecule is CCCCn1/c(=N/C(=O)c2cc(Cl)ccc2OC[C@H](C)O)sc2ccncc21. The molecule has 8 heteroatoms. The highest BCUT2D eigenvalue weighted by Crippen LogP contribution is 2.24. The summed E-state index contributed by atoms with van der Waals surface area (Å²) in [5, 5.41) is 9.88. The third kappa shape index (κ3) is 4.79. The van der Waals surface area contributed by atoms with Crippen molar-refractivity contribution in [3.63, 3.8) is 0 Å². The topological polar surface area (TPSA) is 76.7 Å². The van der Waals surface area contributed by atoms with E-state index in [4.69, 9.17) is 16.3 Å². The van der Waals surface area contributed by atoms with Crippen LogP contribution in [-0.2, 0) is 6.54 Å². The van der Waals surface area contributed by atoms with Crippen molar-refractivity contribution in [2.45, 2.75) is 39.3 Å². The quantitative estimate of drug-likeness (QED) is 0.626. The van der Waals surface area contributed by atoms with Crippen LogP contribution in [0.4, 0.5) is 0 Å². The molecule has 0 spiro atoms. The van der Waals surface area contributed by atoms with Crippen LogP contribution < -0.4 is 9.54 Å². The van der Waals surface area contributed by atoms with Gasteiger partial charge in [0.2, 0.25) is 0 Å². The minimum atomic E-state index is -0.651. The lowest BCUT2D eigenvalue weighted by atomic mass is 10.2. The number of unbranched alkanes of at least 4 members (excludes halogenated alkanes) is 1. The summed E-state index contributed by atoms with van der Waals surface area (Å²) >= 11 is 7.53. The standard InChI is InChI=1S/C20H22ClN3O3S/c1-3-4-9-24-16-11-22-8-7-18(16)28-20(24)23-19(26)15-10-14(21)5-6-17(15)27-12-13(2)25/h5-8,10-11,13,25H,3-4,9,12H2,1-2H3/b23-20-/t13-/m0/s1. The summed E-state index contributed by atoms with van der Waals surface area (Å²) in [5.41, 5.74) is 1.23. The third-order valence-corrected chi connectivity index (χ3v) is 5.36. The Morgan fingerprint density at radius 2 is 2.25 bits per heavy atom. The first-order valence-electron chi connectivity index (χ1n) is 9.12. The van der Waals surface area contributed by atoms with Gasteiger partial charge in [0.05, 0.1) is 28.1 Å². The molecule has 0 aliphatic rings. The largest absolute Gasteiger partial charge is 0.490 e. The molecule has 2 heterocycles. The molecule has 0 fully saturated rings. The summed E-state index contributed by atoms with van der Waals surface area (Å²) in [5.74, 6) is -0.0882. The van der Waals surface area contributed by atoms with Crippen LogP contribution >= 0.6 is 22.9 Å². The van der Waals surface area contributed by atoms with Gasteiger partial charge in [-0.25, -0.2) is 0 Å². The molecule has 1 aromatic carbocycles. The highest BCUT2D eigenvalue weighted by molar-refractivity contribution is 7.16. The van der Waals surface area contributed by atoms with Crippen molar-refractivity contribution in [2.75, 3.05) is 6.61 Å². The molecule has 6 nitrogen and oxygen atoms in total. The molecule has 3 aromatic rings. The first-order valence-corrected chi connectivity index (χ1v) is 10.3. The van der Waals surface area contributed by atoms with Crippen LogP contribution in [0, 0.1) is 0 Å². The number of pyridine rings is 1. The number of hydrogen-bond acceptors (Lipinski definition) is 5. The van der Waals surface area contributed by atoms with E-state index in [-0.39, 0.29) is 12.2 Å². The molecule has 1 amide bonds. The number of carbonyl (C=O) groups excluding carboxylic acids is 1. The van der Waals surface area contributed by atoms with E-state index in [1.165, 1.54) is 17.4 Å². The number of fused-ring (bicyclic) bond motifs is 1. The molecule has 0 saturated carbocycles. The summed E-state index contributed by atoms with van der Waals surface area (Å²) < 4.78 is 8.61. The first kappa shape index (κ1) is 20.5. The van der Waals surface area contributed by atoms with Gasteiger partial charge in [0.15, 0.2) is 4.80 Å². The highest BCUT2D eigenvalue weighted by atomic mass is 35.5. The molecule has 0 bridgehead atoms. The molecule has 0 aliphatic heterocycles. The Morgan fingerprint density at radius 1 is 1.43 bits per heavy atom. The Balaban J connectivity index is 2.04. The fraction of sp³-hybridized carbons (Fsp3) is 0.350. The van der Waals surface area contributed by atoms with E-state index in [2.05, 4.69) is 16.9 Å². The molecule has 0 saturated heterocycles. The number of thiazole rings is 1. The molecule has 148 valence electrons. The number of halogens is 1. The molecule has 2 aromatic heterocycles. The fourth-order valence-electron chi connectivity index (χ4n) is 2.69. The second-order valence-corrected chi connectivity index (χ2v) is 7.90. The number of amides is 1. The lowest BCUT2D eigenvalue weighted by Gasteiger charge is -2.11. The number of aliphatic hydroxyl groups excluding tert-OH is 1. The van der Waals surface area contributed by atoms with Crippen LogP contribution in [0.5, 0.6) is 5.75 Å². The highest BCUT2D eigenvalue weighted by Gasteiger charge is 2.15. The van der Waals surface area contributed by atoms with Gasteiger partial charge in [-0.15, -0.1) is 0 Å². The molecule has 28 heavy (non-hydrogen) atoms. The molecule has 0 aliphatic carbocycles. The molecular formula is C20H22ClN3O3S. The van der Waals surface area contributed by atoms with Crippen molar-refractivity contribution in [3.8, 4) is 5.75 Å². The van der Waals surface area contributed by atoms with Gasteiger partial charge < -0.3 is 14.4 Å². The number of aliphatic hydroxyl groups is 1. The van der Waals surface area contributed by atoms with Gasteiger partial charge in [-0.1, -0.05) is 36.3 Å². The Hall–Kier alpha value is -2.22. The van der Waals surface area contributed by atoms with E-state index in [1.807, 2.05) is 10.6 Å². The molecule has 3 rings (SSSR count). The minimum Gasteiger partial charge on any atom is -0.490 e. The van der Waals surface area contributed by atoms with Crippen LogP contribution in [0.2, 0.25) is 5.02 Å². The van der Waals surface area contributed by atoms with Crippen molar-refractivity contribution in [1.82, 2.24) is 9.55 Å². The number of carbonyl (C=O) groups is 1. The number of aromatic nitrogens is 2. The maximum atomic E-state index is 12.9. The Bertz CT molecular complexity index is 1040. The van der Waals surface area contributed by atoms with Gasteiger partial charge in [-0.3, -0.25) is 9.78 Å². The van der Waals surface area contributed by atoms with Crippen LogP contribution in [0.15, 0.2) is 41.7 Å². The van der Waals surface area contributed by atoms with E-state index in [1.54, 1.807) is 31.5 Å². The fourth-order valence-corrected chi connectivity index (χ4v) is 3.88. The van der Waals surface area contributed by atoms with E-state index < -0.39 is 12.0 Å². The second-order valence-electron chi connectivity index (χ2n) is 6.45. The van der Waals surface area contributed by atoms with Gasteiger partial charge >= 0.3 is 0 Å². The smallest absolute Gasteiger partial charge is 0.283 e. The first-order chi connectivity index (χ1) is 13.5. The Morgan fingerprint density at radius 3 is 3.00 bits per heavy atom. The minimum absolute atomic E-state index is 0.0764. The van der Waals surface area contributed by atoms with Gasteiger partial charge in [-0.05, 0) is 37.6 Å². The van der Waals surface area contributed by atoms with Crippen molar-refractivity contribution >= 4 is 39.1 Å². The van der Waals surface area contributed by atoms with Gasteiger partial charge in [0.1, 0.15) is 12.4 Å². The lowest BCUT2D eigenvalue weighted by Crippen LogP contribution is -2.18. The zero-order valence-electron chi connectivity index (χ0n) is 15.8. The summed E-state index contributed by atoms with van der Waals surface area (Å²) in [6.07, 6.45) is 4.88. The van der Waals surface area contributed by atoms with Crippen molar-refractivity contribution in [3.05, 3.63) is 52.0 Å². The van der Waals surface area contributed by atoms with E-state index >= 15 is 0 Å². The van der Waals surface area contributed by atoms with Crippen LogP contribution in [-0.4, -0.2) is 33.3 Å². The molecule has 0 radical (unpaired) electrons. The van der Waals surface area contributed by atoms with Crippen molar-refractivity contribution < 1.29 is 14.6 Å². The molecule has 1 N–H and O–H groups in total. The normalized spacial score (nSPS) is 13.1. The number of benzene rings is 1. The van der Waals surface area contributed by atoms with Gasteiger partial charge in [0, 0.05) is 17.8 Å². The predicted octanol–water partition coefficient (Wildman–Crippen LogP) is 4.05. The van der Waals surface area contributed by atoms with E-state index in [9.17, 15) is 9.90 Å². The Kier molecular flexibility index (Phi) is 6.83. The average Bonchev–Trinajstić information content (AvgIpc) is 3.02. The van der Waals surface area contributed by atoms with Crippen LogP contribution in [0.1, 0.15) is 37.0 Å². The zero-order chi connectivity index (χ0) is 20.1. The summed E-state index contributed by atoms with van der Waals surface area (Å²) in [7, 11) is 0. The average molecular weight is 420 g/mol. The van der Waals surface area contributed by atoms with E-state index in [0.717, 1.165) is 29.6 Å². The maximum absolute atomic E-state index is 12.9. The predicted molar refractivity (Wildman–Crippen MR) is 111 cm³/mol. The number of nitrogens with zero attached hydrogens (tertiary/aromatic N) is 3. The summed E-state index contributed by atoms with van der Waals surface area (Å²) in [6, 6.07) is 6.72. The number of rotatable bonds is 7. The van der Waals surface area contributed by atoms with Crippen LogP contribution in [0.3, 0.4) is 0 Å². The van der Waals surface area contributed by atoms with Gasteiger partial charge in [-0.2, -0.15) is 4.99 Å². The number of hydrogen-bond donors (Lipinski definition) is 1. The second kappa shape index (κ2) is 9.32. The van der Waals surface area contributed by atoms with E-state index in [0.29, 0.717) is 15.6 Å². The zero-order valence-corrected chi connectivity index (χ0v) is 17.3. The summed E-state index contributed by atoms with van der Waals surface area (Å²) in [4.78, 5) is 22.1. The Labute approximate surface area is 172 Å². The van der Waals surface area contributed by atoms with Crippen molar-refractivity contribution in [2.24, 2.45) is 4.99 Å². The number of aryl methyl sites for hydroxylation is 1. The lowest BCUT2D eigenvalue weighted by molar-refractivity contribution is 0.0981. The van der Waals surface area contributed by atoms with Crippen molar-refractivity contribution in [1.29, 1.82) is 0 Å². The third-order valence-electron chi connectivity index (χ3n) is 4.07. The monoisotopic (exact) mass is 419 g/mol. The molecule has 1 atom stereocenters. The summed E-state index contributed by atoms with van der Waals surface area (Å²) in [6.45, 7) is 4.57.